The zero-order valence-electron chi connectivity index (χ0n) is 17.4. The van der Waals surface area contributed by atoms with Crippen LogP contribution in [0.3, 0.4) is 0 Å². The van der Waals surface area contributed by atoms with Crippen molar-refractivity contribution in [3.63, 3.8) is 0 Å². The summed E-state index contributed by atoms with van der Waals surface area (Å²) >= 11 is 0. The summed E-state index contributed by atoms with van der Waals surface area (Å²) in [5.74, 6) is 1.43. The Labute approximate surface area is 172 Å². The maximum Gasteiger partial charge on any atom is 0.196 e. The van der Waals surface area contributed by atoms with Crippen molar-refractivity contribution in [2.24, 2.45) is 0 Å². The quantitative estimate of drug-likeness (QED) is 0.577. The maximum absolute atomic E-state index is 13.3. The Morgan fingerprint density at radius 3 is 2.55 bits per heavy atom. The van der Waals surface area contributed by atoms with Gasteiger partial charge < -0.3 is 15.2 Å². The molecule has 0 bridgehead atoms. The lowest BCUT2D eigenvalue weighted by Crippen LogP contribution is -2.25. The molecule has 2 aliphatic rings. The molecular formula is C24H30N2O3. The van der Waals surface area contributed by atoms with Gasteiger partial charge in [-0.15, -0.1) is 0 Å². The van der Waals surface area contributed by atoms with Gasteiger partial charge in [0.1, 0.15) is 18.1 Å². The summed E-state index contributed by atoms with van der Waals surface area (Å²) in [4.78, 5) is 15.7. The normalized spacial score (nSPS) is 15.4. The molecule has 5 nitrogen and oxygen atoms in total. The largest absolute Gasteiger partial charge is 0.493 e. The van der Waals surface area contributed by atoms with Crippen molar-refractivity contribution in [1.82, 2.24) is 4.90 Å². The van der Waals surface area contributed by atoms with Crippen LogP contribution in [0, 0.1) is 0 Å². The van der Waals surface area contributed by atoms with Gasteiger partial charge in [0.05, 0.1) is 12.2 Å². The molecule has 2 aromatic carbocycles. The first-order valence-electron chi connectivity index (χ1n) is 10.8. The molecule has 4 rings (SSSR count). The number of aryl methyl sites for hydroxylation is 1. The lowest BCUT2D eigenvalue weighted by Gasteiger charge is -2.18. The Balaban J connectivity index is 1.73. The Morgan fingerprint density at radius 1 is 1.03 bits per heavy atom. The summed E-state index contributed by atoms with van der Waals surface area (Å²) in [6, 6.07) is 7.69. The van der Waals surface area contributed by atoms with E-state index in [4.69, 9.17) is 15.2 Å². The minimum Gasteiger partial charge on any atom is -0.493 e. The molecule has 154 valence electrons. The van der Waals surface area contributed by atoms with Crippen molar-refractivity contribution in [2.75, 3.05) is 38.6 Å². The van der Waals surface area contributed by atoms with Crippen LogP contribution in [0.25, 0.3) is 11.1 Å². The van der Waals surface area contributed by atoms with Gasteiger partial charge in [0.2, 0.25) is 0 Å². The van der Waals surface area contributed by atoms with Gasteiger partial charge in [0.15, 0.2) is 5.78 Å². The summed E-state index contributed by atoms with van der Waals surface area (Å²) in [6.07, 6.45) is 4.31. The average Bonchev–Trinajstić information content (AvgIpc) is 3.33. The fourth-order valence-electron chi connectivity index (χ4n) is 4.48. The first-order valence-corrected chi connectivity index (χ1v) is 10.8. The monoisotopic (exact) mass is 394 g/mol. The number of anilines is 1. The number of nitrogen functional groups attached to an aromatic ring is 1. The second-order valence-corrected chi connectivity index (χ2v) is 7.79. The number of carbonyl (C=O) groups excluding carboxylic acids is 1. The number of carbonyl (C=O) groups is 1. The standard InChI is InChI=1S/C24H30N2O3/c1-3-8-16-15-19(28-4-2)21-20-17(24(27)22(21)23(16)25)9-7-10-18(20)29-14-13-26-11-5-6-12-26/h7,9-10,15H,3-6,8,11-14,25H2,1-2H3. The Hall–Kier alpha value is -2.53. The van der Waals surface area contributed by atoms with Crippen LogP contribution in [0.15, 0.2) is 24.3 Å². The van der Waals surface area contributed by atoms with Crippen molar-refractivity contribution < 1.29 is 14.3 Å². The minimum absolute atomic E-state index is 0.0311. The molecule has 5 heteroatoms. The van der Waals surface area contributed by atoms with E-state index in [9.17, 15) is 4.79 Å². The van der Waals surface area contributed by atoms with Crippen molar-refractivity contribution in [2.45, 2.75) is 39.5 Å². The average molecular weight is 395 g/mol. The van der Waals surface area contributed by atoms with E-state index in [2.05, 4.69) is 11.8 Å². The molecule has 0 spiro atoms. The zero-order valence-corrected chi connectivity index (χ0v) is 17.4. The highest BCUT2D eigenvalue weighted by Crippen LogP contribution is 2.50. The van der Waals surface area contributed by atoms with Gasteiger partial charge in [-0.2, -0.15) is 0 Å². The number of ether oxygens (including phenoxy) is 2. The number of rotatable bonds is 8. The lowest BCUT2D eigenvalue weighted by atomic mass is 9.97. The number of fused-ring (bicyclic) bond motifs is 3. The van der Waals surface area contributed by atoms with E-state index in [1.54, 1.807) is 0 Å². The molecule has 1 heterocycles. The van der Waals surface area contributed by atoms with E-state index in [0.29, 0.717) is 30.0 Å². The maximum atomic E-state index is 13.3. The third-order valence-corrected chi connectivity index (χ3v) is 5.85. The van der Waals surface area contributed by atoms with Gasteiger partial charge >= 0.3 is 0 Å². The predicted molar refractivity (Wildman–Crippen MR) is 116 cm³/mol. The molecule has 1 aliphatic heterocycles. The minimum atomic E-state index is -0.0311. The van der Waals surface area contributed by atoms with Crippen LogP contribution in [0.5, 0.6) is 11.5 Å². The topological polar surface area (TPSA) is 64.8 Å². The van der Waals surface area contributed by atoms with Crippen LogP contribution in [0.1, 0.15) is 54.6 Å². The summed E-state index contributed by atoms with van der Waals surface area (Å²) in [5, 5.41) is 0. The van der Waals surface area contributed by atoms with Crippen molar-refractivity contribution in [3.05, 3.63) is 41.0 Å². The zero-order chi connectivity index (χ0) is 20.4. The highest BCUT2D eigenvalue weighted by Gasteiger charge is 2.35. The number of ketones is 1. The van der Waals surface area contributed by atoms with Crippen molar-refractivity contribution in [1.29, 1.82) is 0 Å². The van der Waals surface area contributed by atoms with Crippen molar-refractivity contribution in [3.8, 4) is 22.6 Å². The van der Waals surface area contributed by atoms with Gasteiger partial charge in [-0.25, -0.2) is 0 Å². The first kappa shape index (κ1) is 19.8. The molecule has 0 amide bonds. The molecule has 2 aromatic rings. The summed E-state index contributed by atoms with van der Waals surface area (Å²) < 4.78 is 12.1. The third kappa shape index (κ3) is 3.60. The van der Waals surface area contributed by atoms with Crippen LogP contribution < -0.4 is 15.2 Å². The van der Waals surface area contributed by atoms with Crippen LogP contribution in [0.2, 0.25) is 0 Å². The second kappa shape index (κ2) is 8.46. The van der Waals surface area contributed by atoms with E-state index in [-0.39, 0.29) is 5.78 Å². The number of nitrogens with two attached hydrogens (primary N) is 1. The third-order valence-electron chi connectivity index (χ3n) is 5.85. The smallest absolute Gasteiger partial charge is 0.196 e. The van der Waals surface area contributed by atoms with Gasteiger partial charge in [-0.05, 0) is 57.0 Å². The molecule has 1 saturated heterocycles. The Bertz CT molecular complexity index is 917. The molecule has 2 N–H and O–H groups in total. The molecule has 1 aliphatic carbocycles. The predicted octanol–water partition coefficient (Wildman–Crippen LogP) is 4.31. The van der Waals surface area contributed by atoms with Gasteiger partial charge in [0.25, 0.3) is 0 Å². The van der Waals surface area contributed by atoms with Crippen LogP contribution in [-0.4, -0.2) is 43.5 Å². The number of benzene rings is 2. The molecule has 1 fully saturated rings. The SMILES string of the molecule is CCCc1cc(OCC)c2c(c1N)C(=O)c1cccc(OCCN3CCCC3)c1-2. The van der Waals surface area contributed by atoms with Crippen LogP contribution in [-0.2, 0) is 6.42 Å². The number of hydrogen-bond donors (Lipinski definition) is 1. The van der Waals surface area contributed by atoms with E-state index in [1.807, 2.05) is 31.2 Å². The second-order valence-electron chi connectivity index (χ2n) is 7.79. The fraction of sp³-hybridized carbons (Fsp3) is 0.458. The molecule has 0 saturated carbocycles. The van der Waals surface area contributed by atoms with E-state index in [1.165, 1.54) is 12.8 Å². The van der Waals surface area contributed by atoms with Gasteiger partial charge in [0, 0.05) is 28.9 Å². The number of nitrogens with zero attached hydrogens (tertiary/aromatic N) is 1. The van der Waals surface area contributed by atoms with E-state index in [0.717, 1.165) is 60.7 Å². The summed E-state index contributed by atoms with van der Waals surface area (Å²) in [7, 11) is 0. The molecule has 0 atom stereocenters. The van der Waals surface area contributed by atoms with Crippen LogP contribution in [0.4, 0.5) is 5.69 Å². The molecule has 0 unspecified atom stereocenters. The van der Waals surface area contributed by atoms with Gasteiger partial charge in [-0.3, -0.25) is 9.69 Å². The summed E-state index contributed by atoms with van der Waals surface area (Å²) in [5.41, 5.74) is 10.9. The summed E-state index contributed by atoms with van der Waals surface area (Å²) in [6.45, 7) is 8.39. The molecule has 29 heavy (non-hydrogen) atoms. The Kier molecular flexibility index (Phi) is 5.76. The van der Waals surface area contributed by atoms with Gasteiger partial charge in [-0.1, -0.05) is 25.5 Å². The van der Waals surface area contributed by atoms with E-state index >= 15 is 0 Å². The number of likely N-dealkylation sites (tertiary alicyclic amines) is 1. The lowest BCUT2D eigenvalue weighted by molar-refractivity contribution is 0.104. The van der Waals surface area contributed by atoms with Crippen LogP contribution >= 0.6 is 0 Å². The molecular weight excluding hydrogens is 364 g/mol. The van der Waals surface area contributed by atoms with Crippen molar-refractivity contribution >= 4 is 11.5 Å². The molecule has 0 radical (unpaired) electrons. The molecule has 0 aromatic heterocycles. The highest BCUT2D eigenvalue weighted by atomic mass is 16.5. The number of hydrogen-bond acceptors (Lipinski definition) is 5. The highest BCUT2D eigenvalue weighted by molar-refractivity contribution is 6.26. The first-order chi connectivity index (χ1) is 14.2. The Morgan fingerprint density at radius 2 is 1.83 bits per heavy atom. The van der Waals surface area contributed by atoms with E-state index < -0.39 is 0 Å². The fourth-order valence-corrected chi connectivity index (χ4v) is 4.48.